The number of H-pyrrole nitrogens is 3. The van der Waals surface area contributed by atoms with Crippen molar-refractivity contribution >= 4 is 86.4 Å². The molecule has 9 nitrogen and oxygen atoms in total. The van der Waals surface area contributed by atoms with E-state index < -0.39 is 25.7 Å². The van der Waals surface area contributed by atoms with Crippen LogP contribution < -0.4 is 11.0 Å². The van der Waals surface area contributed by atoms with E-state index in [1.807, 2.05) is 42.5 Å². The van der Waals surface area contributed by atoms with Crippen molar-refractivity contribution in [1.29, 1.82) is 0 Å². The van der Waals surface area contributed by atoms with E-state index >= 15 is 0 Å². The number of rotatable bonds is 7. The number of aromatic hydroxyl groups is 1. The minimum atomic E-state index is -1.54. The first-order chi connectivity index (χ1) is 24.5. The molecule has 1 aliphatic heterocycles. The van der Waals surface area contributed by atoms with E-state index in [2.05, 4.69) is 73.8 Å². The van der Waals surface area contributed by atoms with Crippen LogP contribution in [0.1, 0.15) is 30.1 Å². The van der Waals surface area contributed by atoms with Gasteiger partial charge in [-0.25, -0.2) is 4.79 Å². The SMILES string of the molecule is CCCCI1c2ccccc2-c2cc(NC(=O)c3cc4ccc5c6ccccc6[nH]c5c4c(N=Nc4ccc5[nH]c(=O)[nH]c5c4)c3O)ccc21. The van der Waals surface area contributed by atoms with Crippen molar-refractivity contribution in [3.8, 4) is 16.9 Å². The van der Waals surface area contributed by atoms with Crippen molar-refractivity contribution in [3.63, 3.8) is 0 Å². The maximum absolute atomic E-state index is 14.0. The van der Waals surface area contributed by atoms with Crippen LogP contribution in [0.3, 0.4) is 0 Å². The number of hydrogen-bond donors (Lipinski definition) is 5. The number of fused-ring (bicyclic) bond motifs is 9. The van der Waals surface area contributed by atoms with Gasteiger partial charge in [-0.3, -0.25) is 0 Å². The van der Waals surface area contributed by atoms with Crippen molar-refractivity contribution < 1.29 is 9.90 Å². The molecule has 8 aromatic rings. The average Bonchev–Trinajstić information content (AvgIpc) is 3.80. The molecule has 0 fully saturated rings. The standard InChI is InChI=1S/C40H31IN6O3/c1-2-3-18-41-30-10-6-4-8-25(30)28-20-23(13-16-31(28)41)42-39(49)29-19-22-12-15-27-26-9-5-7-11-32(26)43-36(27)35(22)37(38(29)48)47-46-24-14-17-33-34(21-24)45-40(50)44-33/h4-17,19-21,43,48H,2-3,18H2,1H3,(H,42,49)(H2,44,45,50). The monoisotopic (exact) mass is 770 g/mol. The van der Waals surface area contributed by atoms with E-state index in [1.165, 1.54) is 35.5 Å². The molecule has 1 amide bonds. The van der Waals surface area contributed by atoms with E-state index in [9.17, 15) is 14.7 Å². The zero-order valence-electron chi connectivity index (χ0n) is 27.0. The predicted octanol–water partition coefficient (Wildman–Crippen LogP) is 10.3. The van der Waals surface area contributed by atoms with Gasteiger partial charge in [0.25, 0.3) is 0 Å². The molecule has 0 saturated heterocycles. The number of para-hydroxylation sites is 1. The van der Waals surface area contributed by atoms with Gasteiger partial charge in [0, 0.05) is 10.9 Å². The molecule has 1 aliphatic rings. The summed E-state index contributed by atoms with van der Waals surface area (Å²) in [5.74, 6) is -0.725. The van der Waals surface area contributed by atoms with Gasteiger partial charge in [0.1, 0.15) is 0 Å². The van der Waals surface area contributed by atoms with Gasteiger partial charge in [-0.05, 0) is 24.3 Å². The van der Waals surface area contributed by atoms with Gasteiger partial charge in [0.05, 0.1) is 11.0 Å². The summed E-state index contributed by atoms with van der Waals surface area (Å²) < 4.78 is 4.15. The van der Waals surface area contributed by atoms with Crippen LogP contribution in [0.25, 0.3) is 54.7 Å². The first-order valence-electron chi connectivity index (χ1n) is 16.5. The minimum absolute atomic E-state index is 0.0876. The Morgan fingerprint density at radius 3 is 2.50 bits per heavy atom. The van der Waals surface area contributed by atoms with Gasteiger partial charge >= 0.3 is 215 Å². The molecule has 0 unspecified atom stereocenters. The summed E-state index contributed by atoms with van der Waals surface area (Å²) in [6.07, 6.45) is 2.38. The van der Waals surface area contributed by atoms with Crippen molar-refractivity contribution in [3.05, 3.63) is 126 Å². The molecule has 0 spiro atoms. The second-order valence-electron chi connectivity index (χ2n) is 12.4. The number of unbranched alkanes of at least 4 members (excludes halogenated alkanes) is 1. The number of carbonyl (C=O) groups excluding carboxylic acids is 1. The van der Waals surface area contributed by atoms with E-state index in [0.29, 0.717) is 27.8 Å². The van der Waals surface area contributed by atoms with Crippen LogP contribution in [-0.4, -0.2) is 30.4 Å². The van der Waals surface area contributed by atoms with Crippen LogP contribution in [0.15, 0.2) is 118 Å². The quantitative estimate of drug-likeness (QED) is 0.0626. The molecule has 3 heterocycles. The molecule has 0 saturated carbocycles. The number of nitrogens with one attached hydrogen (secondary N) is 4. The Morgan fingerprint density at radius 1 is 0.780 bits per heavy atom. The molecular formula is C40H31IN6O3. The zero-order valence-corrected chi connectivity index (χ0v) is 29.1. The molecule has 5 N–H and O–H groups in total. The van der Waals surface area contributed by atoms with E-state index in [-0.39, 0.29) is 22.7 Å². The predicted molar refractivity (Wildman–Crippen MR) is 209 cm³/mol. The summed E-state index contributed by atoms with van der Waals surface area (Å²) in [6, 6.07) is 33.7. The van der Waals surface area contributed by atoms with Crippen LogP contribution in [0.2, 0.25) is 0 Å². The normalized spacial score (nSPS) is 13.2. The zero-order chi connectivity index (χ0) is 33.9. The first kappa shape index (κ1) is 30.3. The summed E-state index contributed by atoms with van der Waals surface area (Å²) in [6.45, 7) is 2.24. The van der Waals surface area contributed by atoms with Gasteiger partial charge in [0.2, 0.25) is 0 Å². The Labute approximate surface area is 292 Å². The second-order valence-corrected chi connectivity index (χ2v) is 17.9. The molecule has 0 aliphatic carbocycles. The molecule has 50 heavy (non-hydrogen) atoms. The maximum atomic E-state index is 14.0. The molecule has 6 aromatic carbocycles. The molecule has 0 bridgehead atoms. The van der Waals surface area contributed by atoms with E-state index in [0.717, 1.165) is 27.2 Å². The second kappa shape index (κ2) is 12.0. The number of carbonyl (C=O) groups is 1. The fourth-order valence-corrected chi connectivity index (χ4v) is 13.8. The number of anilines is 1. The van der Waals surface area contributed by atoms with Gasteiger partial charge in [0.15, 0.2) is 0 Å². The fourth-order valence-electron chi connectivity index (χ4n) is 6.91. The van der Waals surface area contributed by atoms with Crippen LogP contribution in [0, 0.1) is 7.14 Å². The Kier molecular flexibility index (Phi) is 7.27. The number of imidazole rings is 1. The summed E-state index contributed by atoms with van der Waals surface area (Å²) in [4.78, 5) is 34.8. The third-order valence-corrected chi connectivity index (χ3v) is 15.8. The van der Waals surface area contributed by atoms with E-state index in [4.69, 9.17) is 0 Å². The summed E-state index contributed by atoms with van der Waals surface area (Å²) in [5.41, 5.74) is 6.49. The van der Waals surface area contributed by atoms with Crippen molar-refractivity contribution in [2.45, 2.75) is 19.8 Å². The van der Waals surface area contributed by atoms with Crippen molar-refractivity contribution in [2.24, 2.45) is 10.2 Å². The number of hydrogen-bond acceptors (Lipinski definition) is 5. The fraction of sp³-hybridized carbons (Fsp3) is 0.100. The number of azo groups is 1. The molecule has 9 rings (SSSR count). The van der Waals surface area contributed by atoms with Gasteiger partial charge < -0.3 is 9.97 Å². The third kappa shape index (κ3) is 4.97. The summed E-state index contributed by atoms with van der Waals surface area (Å²) >= 11 is -1.54. The number of alkyl halides is 1. The number of phenols is 1. The summed E-state index contributed by atoms with van der Waals surface area (Å²) in [7, 11) is 0. The molecule has 0 radical (unpaired) electrons. The van der Waals surface area contributed by atoms with Gasteiger partial charge in [-0.1, -0.05) is 18.2 Å². The van der Waals surface area contributed by atoms with Crippen LogP contribution in [-0.2, 0) is 0 Å². The Balaban J connectivity index is 1.15. The first-order valence-corrected chi connectivity index (χ1v) is 20.2. The number of amides is 1. The van der Waals surface area contributed by atoms with E-state index in [1.54, 1.807) is 24.3 Å². The number of aromatic amines is 3. The Hall–Kier alpha value is -5.75. The van der Waals surface area contributed by atoms with Gasteiger partial charge in [-0.2, -0.15) is 0 Å². The molecule has 0 atom stereocenters. The molecule has 10 heteroatoms. The number of nitrogens with zero attached hydrogens (tertiary/aromatic N) is 2. The topological polar surface area (TPSA) is 138 Å². The molecule has 2 aromatic heterocycles. The third-order valence-electron chi connectivity index (χ3n) is 9.30. The summed E-state index contributed by atoms with van der Waals surface area (Å²) in [5, 5.41) is 27.3. The Bertz CT molecular complexity index is 2760. The van der Waals surface area contributed by atoms with Gasteiger partial charge in [-0.15, -0.1) is 0 Å². The van der Waals surface area contributed by atoms with Crippen LogP contribution in [0.5, 0.6) is 5.75 Å². The van der Waals surface area contributed by atoms with Crippen LogP contribution in [0.4, 0.5) is 17.1 Å². The Morgan fingerprint density at radius 2 is 1.60 bits per heavy atom. The number of aromatic nitrogens is 3. The number of benzene rings is 6. The molecule has 246 valence electrons. The number of halogens is 1. The molecular weight excluding hydrogens is 739 g/mol. The van der Waals surface area contributed by atoms with Crippen LogP contribution >= 0.6 is 19.8 Å². The van der Waals surface area contributed by atoms with Crippen molar-refractivity contribution in [2.75, 3.05) is 9.74 Å². The average molecular weight is 771 g/mol. The number of phenolic OH excluding ortho intramolecular Hbond substituents is 1. The van der Waals surface area contributed by atoms with Crippen molar-refractivity contribution in [1.82, 2.24) is 15.0 Å².